The van der Waals surface area contributed by atoms with Crippen LogP contribution < -0.4 is 5.73 Å². The van der Waals surface area contributed by atoms with Gasteiger partial charge >= 0.3 is 0 Å². The van der Waals surface area contributed by atoms with Gasteiger partial charge in [0, 0.05) is 18.1 Å². The van der Waals surface area contributed by atoms with Crippen molar-refractivity contribution in [2.45, 2.75) is 78.3 Å². The second-order valence-electron chi connectivity index (χ2n) is 7.03. The fourth-order valence-electron chi connectivity index (χ4n) is 3.15. The fraction of sp³-hybridized carbons (Fsp3) is 1.00. The Hall–Kier alpha value is -0.0800. The molecule has 18 heavy (non-hydrogen) atoms. The van der Waals surface area contributed by atoms with Gasteiger partial charge in [-0.2, -0.15) is 0 Å². The van der Waals surface area contributed by atoms with E-state index >= 15 is 0 Å². The van der Waals surface area contributed by atoms with Crippen LogP contribution in [0, 0.1) is 11.8 Å². The first-order valence-electron chi connectivity index (χ1n) is 7.88. The first-order chi connectivity index (χ1) is 8.41. The fourth-order valence-corrected chi connectivity index (χ4v) is 3.15. The van der Waals surface area contributed by atoms with Crippen LogP contribution >= 0.6 is 0 Å². The minimum Gasteiger partial charge on any atom is -0.329 e. The lowest BCUT2D eigenvalue weighted by molar-refractivity contribution is 0.0239. The Morgan fingerprint density at radius 2 is 1.72 bits per heavy atom. The Morgan fingerprint density at radius 3 is 2.11 bits per heavy atom. The molecule has 2 heteroatoms. The van der Waals surface area contributed by atoms with Crippen LogP contribution in [0.1, 0.15) is 66.7 Å². The van der Waals surface area contributed by atoms with Crippen LogP contribution in [0.25, 0.3) is 0 Å². The molecule has 2 N–H and O–H groups in total. The molecule has 0 amide bonds. The van der Waals surface area contributed by atoms with Gasteiger partial charge in [0.05, 0.1) is 0 Å². The van der Waals surface area contributed by atoms with Gasteiger partial charge in [-0.3, -0.25) is 4.90 Å². The summed E-state index contributed by atoms with van der Waals surface area (Å²) in [5, 5.41) is 0. The van der Waals surface area contributed by atoms with Crippen LogP contribution in [0.2, 0.25) is 0 Å². The zero-order valence-electron chi connectivity index (χ0n) is 13.2. The zero-order chi connectivity index (χ0) is 13.8. The van der Waals surface area contributed by atoms with Gasteiger partial charge in [-0.25, -0.2) is 0 Å². The molecule has 0 bridgehead atoms. The summed E-state index contributed by atoms with van der Waals surface area (Å²) in [6, 6.07) is 0.777. The molecular formula is C16H34N2. The topological polar surface area (TPSA) is 29.3 Å². The third-order valence-corrected chi connectivity index (χ3v) is 5.03. The van der Waals surface area contributed by atoms with Crippen molar-refractivity contribution in [2.24, 2.45) is 17.6 Å². The summed E-state index contributed by atoms with van der Waals surface area (Å²) in [5.41, 5.74) is 6.31. The molecule has 1 rings (SSSR count). The third-order valence-electron chi connectivity index (χ3n) is 5.03. The number of rotatable bonds is 7. The number of nitrogens with zero attached hydrogens (tertiary/aromatic N) is 1. The Morgan fingerprint density at radius 1 is 1.17 bits per heavy atom. The van der Waals surface area contributed by atoms with E-state index in [-0.39, 0.29) is 5.54 Å². The zero-order valence-corrected chi connectivity index (χ0v) is 13.2. The van der Waals surface area contributed by atoms with Crippen molar-refractivity contribution in [3.63, 3.8) is 0 Å². The predicted octanol–water partition coefficient (Wildman–Crippen LogP) is 3.65. The molecule has 0 saturated heterocycles. The Labute approximate surface area is 114 Å². The summed E-state index contributed by atoms with van der Waals surface area (Å²) in [6.07, 6.45) is 6.85. The van der Waals surface area contributed by atoms with Gasteiger partial charge in [0.25, 0.3) is 0 Å². The normalized spacial score (nSPS) is 21.2. The Balaban J connectivity index is 2.80. The van der Waals surface area contributed by atoms with Crippen molar-refractivity contribution in [2.75, 3.05) is 13.1 Å². The van der Waals surface area contributed by atoms with Crippen LogP contribution in [-0.2, 0) is 0 Å². The monoisotopic (exact) mass is 254 g/mol. The summed E-state index contributed by atoms with van der Waals surface area (Å²) in [6.45, 7) is 13.7. The second-order valence-corrected chi connectivity index (χ2v) is 7.03. The van der Waals surface area contributed by atoms with Gasteiger partial charge in [0.2, 0.25) is 0 Å². The number of nitrogens with two attached hydrogens (primary N) is 1. The summed E-state index contributed by atoms with van der Waals surface area (Å²) in [5.74, 6) is 1.40. The van der Waals surface area contributed by atoms with Gasteiger partial charge in [-0.05, 0) is 44.6 Å². The van der Waals surface area contributed by atoms with Crippen molar-refractivity contribution < 1.29 is 0 Å². The molecule has 2 nitrogen and oxygen atoms in total. The predicted molar refractivity (Wildman–Crippen MR) is 80.7 cm³/mol. The van der Waals surface area contributed by atoms with Crippen molar-refractivity contribution in [3.8, 4) is 0 Å². The minimum absolute atomic E-state index is 0.171. The van der Waals surface area contributed by atoms with E-state index in [1.807, 2.05) is 0 Å². The van der Waals surface area contributed by atoms with Crippen LogP contribution in [0.5, 0.6) is 0 Å². The molecule has 1 unspecified atom stereocenters. The SMILES string of the molecule is CC(C)CCN(C1CCCC1)C(C)(CN)C(C)C. The maximum Gasteiger partial charge on any atom is 0.0329 e. The average Bonchev–Trinajstić information content (AvgIpc) is 2.81. The highest BCUT2D eigenvalue weighted by atomic mass is 15.2. The highest BCUT2D eigenvalue weighted by molar-refractivity contribution is 4.95. The molecule has 1 saturated carbocycles. The molecule has 0 spiro atoms. The van der Waals surface area contributed by atoms with Crippen LogP contribution in [0.15, 0.2) is 0 Å². The Bertz CT molecular complexity index is 231. The van der Waals surface area contributed by atoms with E-state index in [9.17, 15) is 0 Å². The van der Waals surface area contributed by atoms with E-state index in [2.05, 4.69) is 39.5 Å². The lowest BCUT2D eigenvalue weighted by Gasteiger charge is -2.47. The second kappa shape index (κ2) is 6.91. The highest BCUT2D eigenvalue weighted by Crippen LogP contribution is 2.33. The maximum atomic E-state index is 6.14. The summed E-state index contributed by atoms with van der Waals surface area (Å²) < 4.78 is 0. The maximum absolute atomic E-state index is 6.14. The number of hydrogen-bond donors (Lipinski definition) is 1. The van der Waals surface area contributed by atoms with E-state index < -0.39 is 0 Å². The molecular weight excluding hydrogens is 220 g/mol. The van der Waals surface area contributed by atoms with E-state index in [1.54, 1.807) is 0 Å². The van der Waals surface area contributed by atoms with Gasteiger partial charge in [-0.15, -0.1) is 0 Å². The molecule has 1 atom stereocenters. The average molecular weight is 254 g/mol. The van der Waals surface area contributed by atoms with Crippen molar-refractivity contribution in [1.82, 2.24) is 4.90 Å². The molecule has 0 aromatic rings. The van der Waals surface area contributed by atoms with E-state index in [0.717, 1.165) is 18.5 Å². The molecule has 1 aliphatic rings. The van der Waals surface area contributed by atoms with Crippen molar-refractivity contribution >= 4 is 0 Å². The molecule has 108 valence electrons. The molecule has 0 heterocycles. The standard InChI is InChI=1S/C16H34N2/c1-13(2)10-11-18(15-8-6-7-9-15)16(5,12-17)14(3)4/h13-15H,6-12,17H2,1-5H3. The van der Waals surface area contributed by atoms with Crippen LogP contribution in [0.3, 0.4) is 0 Å². The molecule has 1 aliphatic carbocycles. The van der Waals surface area contributed by atoms with Crippen LogP contribution in [-0.4, -0.2) is 29.6 Å². The number of hydrogen-bond acceptors (Lipinski definition) is 2. The van der Waals surface area contributed by atoms with E-state index in [0.29, 0.717) is 5.92 Å². The molecule has 0 aromatic heterocycles. The minimum atomic E-state index is 0.171. The summed E-state index contributed by atoms with van der Waals surface area (Å²) in [7, 11) is 0. The largest absolute Gasteiger partial charge is 0.329 e. The van der Waals surface area contributed by atoms with Gasteiger partial charge < -0.3 is 5.73 Å². The lowest BCUT2D eigenvalue weighted by atomic mass is 9.84. The quantitative estimate of drug-likeness (QED) is 0.751. The summed E-state index contributed by atoms with van der Waals surface area (Å²) >= 11 is 0. The molecule has 0 radical (unpaired) electrons. The highest BCUT2D eigenvalue weighted by Gasteiger charge is 2.38. The Kier molecular flexibility index (Phi) is 6.13. The third kappa shape index (κ3) is 3.71. The first kappa shape index (κ1) is 16.0. The molecule has 0 aromatic carbocycles. The van der Waals surface area contributed by atoms with Gasteiger partial charge in [0.1, 0.15) is 0 Å². The van der Waals surface area contributed by atoms with Gasteiger partial charge in [-0.1, -0.05) is 40.5 Å². The van der Waals surface area contributed by atoms with E-state index in [4.69, 9.17) is 5.73 Å². The van der Waals surface area contributed by atoms with Crippen LogP contribution in [0.4, 0.5) is 0 Å². The lowest BCUT2D eigenvalue weighted by Crippen LogP contribution is -2.58. The van der Waals surface area contributed by atoms with E-state index in [1.165, 1.54) is 38.6 Å². The smallest absolute Gasteiger partial charge is 0.0329 e. The van der Waals surface area contributed by atoms with Crippen molar-refractivity contribution in [3.05, 3.63) is 0 Å². The first-order valence-corrected chi connectivity index (χ1v) is 7.88. The van der Waals surface area contributed by atoms with Gasteiger partial charge in [0.15, 0.2) is 0 Å². The molecule has 1 fully saturated rings. The molecule has 0 aliphatic heterocycles. The van der Waals surface area contributed by atoms with Crippen molar-refractivity contribution in [1.29, 1.82) is 0 Å². The summed E-state index contributed by atoms with van der Waals surface area (Å²) in [4.78, 5) is 2.75.